The second-order valence-corrected chi connectivity index (χ2v) is 6.17. The van der Waals surface area contributed by atoms with Crippen LogP contribution in [0.3, 0.4) is 0 Å². The predicted octanol–water partition coefficient (Wildman–Crippen LogP) is 3.82. The summed E-state index contributed by atoms with van der Waals surface area (Å²) in [6.07, 6.45) is 0. The molecule has 2 rings (SSSR count). The molecule has 7 heteroatoms. The number of ether oxygens (including phenoxy) is 1. The third-order valence-corrected chi connectivity index (χ3v) is 4.32. The summed E-state index contributed by atoms with van der Waals surface area (Å²) in [5.41, 5.74) is 0.166. The van der Waals surface area contributed by atoms with Crippen LogP contribution in [0.2, 0.25) is 0 Å². The molecule has 0 heterocycles. The average Bonchev–Trinajstić information content (AvgIpc) is 2.59. The fourth-order valence-corrected chi connectivity index (χ4v) is 2.81. The maximum absolute atomic E-state index is 14.1. The molecule has 0 saturated heterocycles. The number of rotatable bonds is 7. The van der Waals surface area contributed by atoms with E-state index < -0.39 is 23.6 Å². The molecule has 0 aliphatic carbocycles. The molecule has 0 saturated carbocycles. The first-order valence-corrected chi connectivity index (χ1v) is 8.56. The van der Waals surface area contributed by atoms with Gasteiger partial charge in [0.25, 0.3) is 5.91 Å². The SMILES string of the molecule is CCNC[C@@H](NC(=O)c1ccc(Br)c(OC)c1)c1c(F)cccc1F. The standard InChI is InChI=1S/C18H19BrF2N2O2/c1-3-22-10-15(17-13(20)5-4-6-14(17)21)23-18(24)11-7-8-12(19)16(9-11)25-2/h4-9,15,22H,3,10H2,1-2H3,(H,23,24)/t15-/m1/s1. The van der Waals surface area contributed by atoms with Gasteiger partial charge in [-0.1, -0.05) is 13.0 Å². The summed E-state index contributed by atoms with van der Waals surface area (Å²) < 4.78 is 34.1. The van der Waals surface area contributed by atoms with Crippen LogP contribution >= 0.6 is 15.9 Å². The summed E-state index contributed by atoms with van der Waals surface area (Å²) in [4.78, 5) is 12.5. The summed E-state index contributed by atoms with van der Waals surface area (Å²) in [7, 11) is 1.49. The zero-order valence-electron chi connectivity index (χ0n) is 13.9. The maximum Gasteiger partial charge on any atom is 0.251 e. The lowest BCUT2D eigenvalue weighted by molar-refractivity contribution is 0.0934. The second-order valence-electron chi connectivity index (χ2n) is 5.32. The molecule has 2 aromatic rings. The largest absolute Gasteiger partial charge is 0.496 e. The highest BCUT2D eigenvalue weighted by molar-refractivity contribution is 9.10. The first-order chi connectivity index (χ1) is 12.0. The van der Waals surface area contributed by atoms with E-state index in [0.717, 1.165) is 0 Å². The maximum atomic E-state index is 14.1. The van der Waals surface area contributed by atoms with Crippen molar-refractivity contribution < 1.29 is 18.3 Å². The molecule has 1 amide bonds. The predicted molar refractivity (Wildman–Crippen MR) is 95.8 cm³/mol. The van der Waals surface area contributed by atoms with Gasteiger partial charge in [-0.15, -0.1) is 0 Å². The Morgan fingerprint density at radius 3 is 2.52 bits per heavy atom. The van der Waals surface area contributed by atoms with Gasteiger partial charge in [0.05, 0.1) is 17.6 Å². The minimum atomic E-state index is -0.844. The van der Waals surface area contributed by atoms with Gasteiger partial charge in [0, 0.05) is 17.7 Å². The van der Waals surface area contributed by atoms with Gasteiger partial charge in [-0.3, -0.25) is 4.79 Å². The summed E-state index contributed by atoms with van der Waals surface area (Å²) >= 11 is 3.31. The van der Waals surface area contributed by atoms with Crippen LogP contribution in [0.1, 0.15) is 28.9 Å². The van der Waals surface area contributed by atoms with Crippen molar-refractivity contribution >= 4 is 21.8 Å². The molecule has 0 aromatic heterocycles. The van der Waals surface area contributed by atoms with Crippen LogP contribution < -0.4 is 15.4 Å². The Kier molecular flexibility index (Phi) is 6.90. The third kappa shape index (κ3) is 4.76. The van der Waals surface area contributed by atoms with E-state index in [1.165, 1.54) is 25.3 Å². The van der Waals surface area contributed by atoms with Crippen molar-refractivity contribution in [3.63, 3.8) is 0 Å². The van der Waals surface area contributed by atoms with E-state index in [-0.39, 0.29) is 12.1 Å². The highest BCUT2D eigenvalue weighted by atomic mass is 79.9. The summed E-state index contributed by atoms with van der Waals surface area (Å²) in [5.74, 6) is -1.35. The van der Waals surface area contributed by atoms with E-state index in [9.17, 15) is 13.6 Å². The van der Waals surface area contributed by atoms with E-state index in [4.69, 9.17) is 4.74 Å². The Bertz CT molecular complexity index is 736. The van der Waals surface area contributed by atoms with Gasteiger partial charge in [-0.25, -0.2) is 8.78 Å². The molecule has 0 spiro atoms. The summed E-state index contributed by atoms with van der Waals surface area (Å²) in [5, 5.41) is 5.69. The Hall–Kier alpha value is -1.99. The lowest BCUT2D eigenvalue weighted by atomic mass is 10.0. The minimum absolute atomic E-state index is 0.166. The van der Waals surface area contributed by atoms with Crippen LogP contribution in [0.5, 0.6) is 5.75 Å². The van der Waals surface area contributed by atoms with E-state index >= 15 is 0 Å². The minimum Gasteiger partial charge on any atom is -0.496 e. The smallest absolute Gasteiger partial charge is 0.251 e. The molecule has 2 N–H and O–H groups in total. The van der Waals surface area contributed by atoms with Crippen molar-refractivity contribution in [3.05, 3.63) is 63.6 Å². The lowest BCUT2D eigenvalue weighted by Gasteiger charge is -2.21. The lowest BCUT2D eigenvalue weighted by Crippen LogP contribution is -2.36. The summed E-state index contributed by atoms with van der Waals surface area (Å²) in [6.45, 7) is 2.68. The average molecular weight is 413 g/mol. The first kappa shape index (κ1) is 19.3. The number of hydrogen-bond acceptors (Lipinski definition) is 3. The second kappa shape index (κ2) is 8.92. The highest BCUT2D eigenvalue weighted by Crippen LogP contribution is 2.26. The molecule has 0 aliphatic heterocycles. The van der Waals surface area contributed by atoms with Crippen molar-refractivity contribution in [1.29, 1.82) is 0 Å². The number of nitrogens with one attached hydrogen (secondary N) is 2. The van der Waals surface area contributed by atoms with Crippen molar-refractivity contribution in [2.75, 3.05) is 20.2 Å². The fraction of sp³-hybridized carbons (Fsp3) is 0.278. The number of hydrogen-bond donors (Lipinski definition) is 2. The van der Waals surface area contributed by atoms with Gasteiger partial charge in [0.15, 0.2) is 0 Å². The molecule has 1 atom stereocenters. The quantitative estimate of drug-likeness (QED) is 0.726. The molecule has 0 radical (unpaired) electrons. The van der Waals surface area contributed by atoms with Gasteiger partial charge in [-0.05, 0) is 52.8 Å². The topological polar surface area (TPSA) is 50.4 Å². The van der Waals surface area contributed by atoms with Gasteiger partial charge < -0.3 is 15.4 Å². The molecule has 0 bridgehead atoms. The Labute approximate surface area is 153 Å². The molecule has 0 fully saturated rings. The molecule has 4 nitrogen and oxygen atoms in total. The fourth-order valence-electron chi connectivity index (χ4n) is 2.40. The molecule has 0 unspecified atom stereocenters. The van der Waals surface area contributed by atoms with Crippen molar-refractivity contribution in [2.45, 2.75) is 13.0 Å². The van der Waals surface area contributed by atoms with Crippen LogP contribution in [0, 0.1) is 11.6 Å². The van der Waals surface area contributed by atoms with Crippen molar-refractivity contribution in [2.24, 2.45) is 0 Å². The van der Waals surface area contributed by atoms with Gasteiger partial charge in [-0.2, -0.15) is 0 Å². The van der Waals surface area contributed by atoms with Gasteiger partial charge in [0.2, 0.25) is 0 Å². The van der Waals surface area contributed by atoms with E-state index in [0.29, 0.717) is 22.3 Å². The van der Waals surface area contributed by atoms with E-state index in [1.54, 1.807) is 18.2 Å². The number of benzene rings is 2. The number of carbonyl (C=O) groups excluding carboxylic acids is 1. The van der Waals surface area contributed by atoms with Crippen LogP contribution in [0.25, 0.3) is 0 Å². The van der Waals surface area contributed by atoms with Crippen LogP contribution in [0.4, 0.5) is 8.78 Å². The van der Waals surface area contributed by atoms with Gasteiger partial charge in [0.1, 0.15) is 17.4 Å². The van der Waals surface area contributed by atoms with Gasteiger partial charge >= 0.3 is 0 Å². The normalized spacial score (nSPS) is 11.9. The molecule has 2 aromatic carbocycles. The van der Waals surface area contributed by atoms with Crippen LogP contribution in [0.15, 0.2) is 40.9 Å². The molecule has 25 heavy (non-hydrogen) atoms. The van der Waals surface area contributed by atoms with E-state index in [2.05, 4.69) is 26.6 Å². The Balaban J connectivity index is 2.29. The zero-order valence-corrected chi connectivity index (χ0v) is 15.5. The number of methoxy groups -OCH3 is 1. The number of amides is 1. The van der Waals surface area contributed by atoms with Crippen LogP contribution in [-0.4, -0.2) is 26.1 Å². The first-order valence-electron chi connectivity index (χ1n) is 7.77. The zero-order chi connectivity index (χ0) is 18.4. The summed E-state index contributed by atoms with van der Waals surface area (Å²) in [6, 6.07) is 7.63. The number of likely N-dealkylation sites (N-methyl/N-ethyl adjacent to an activating group) is 1. The molecule has 0 aliphatic rings. The van der Waals surface area contributed by atoms with Crippen molar-refractivity contribution in [1.82, 2.24) is 10.6 Å². The molecular weight excluding hydrogens is 394 g/mol. The molecule has 134 valence electrons. The number of halogens is 3. The third-order valence-electron chi connectivity index (χ3n) is 3.67. The highest BCUT2D eigenvalue weighted by Gasteiger charge is 2.22. The Morgan fingerprint density at radius 2 is 1.92 bits per heavy atom. The number of carbonyl (C=O) groups is 1. The van der Waals surface area contributed by atoms with Crippen molar-refractivity contribution in [3.8, 4) is 5.75 Å². The Morgan fingerprint density at radius 1 is 1.24 bits per heavy atom. The van der Waals surface area contributed by atoms with E-state index in [1.807, 2.05) is 6.92 Å². The van der Waals surface area contributed by atoms with Crippen LogP contribution in [-0.2, 0) is 0 Å². The molecular formula is C18H19BrF2N2O2. The monoisotopic (exact) mass is 412 g/mol.